The van der Waals surface area contributed by atoms with Gasteiger partial charge in [-0.25, -0.2) is 4.39 Å². The number of rotatable bonds is 1. The van der Waals surface area contributed by atoms with E-state index in [4.69, 9.17) is 5.11 Å². The Hall–Kier alpha value is -1.10. The van der Waals surface area contributed by atoms with Gasteiger partial charge in [0.05, 0.1) is 11.7 Å². The lowest BCUT2D eigenvalue weighted by Gasteiger charge is -2.10. The van der Waals surface area contributed by atoms with Gasteiger partial charge in [0.15, 0.2) is 0 Å². The second-order valence-corrected chi connectivity index (χ2v) is 2.91. The van der Waals surface area contributed by atoms with Gasteiger partial charge in [-0.15, -0.1) is 0 Å². The van der Waals surface area contributed by atoms with E-state index in [1.807, 2.05) is 0 Å². The average Bonchev–Trinajstić information content (AvgIpc) is 2.01. The van der Waals surface area contributed by atoms with Crippen molar-refractivity contribution in [2.75, 3.05) is 0 Å². The second-order valence-electron chi connectivity index (χ2n) is 2.91. The van der Waals surface area contributed by atoms with Crippen molar-refractivity contribution >= 4 is 0 Å². The molecule has 0 unspecified atom stereocenters. The molecule has 5 heteroatoms. The molecule has 0 bridgehead atoms. The van der Waals surface area contributed by atoms with Crippen molar-refractivity contribution in [1.29, 1.82) is 0 Å². The van der Waals surface area contributed by atoms with Crippen LogP contribution >= 0.6 is 0 Å². The zero-order valence-electron chi connectivity index (χ0n) is 7.27. The van der Waals surface area contributed by atoms with Crippen LogP contribution in [0.2, 0.25) is 0 Å². The highest BCUT2D eigenvalue weighted by Gasteiger charge is 2.33. The largest absolute Gasteiger partial charge is 0.419 e. The lowest BCUT2D eigenvalue weighted by Crippen LogP contribution is -2.08. The van der Waals surface area contributed by atoms with Crippen molar-refractivity contribution < 1.29 is 22.7 Å². The summed E-state index contributed by atoms with van der Waals surface area (Å²) in [4.78, 5) is 0. The number of benzene rings is 1. The van der Waals surface area contributed by atoms with Gasteiger partial charge in [0, 0.05) is 0 Å². The number of alkyl halides is 3. The van der Waals surface area contributed by atoms with E-state index in [0.717, 1.165) is 6.07 Å². The predicted molar refractivity (Wildman–Crippen MR) is 42.0 cm³/mol. The maximum atomic E-state index is 12.9. The molecule has 0 aliphatic carbocycles. The maximum Gasteiger partial charge on any atom is 0.419 e. The van der Waals surface area contributed by atoms with Crippen LogP contribution in [0.15, 0.2) is 18.2 Å². The Balaban J connectivity index is 3.15. The molecule has 0 spiro atoms. The van der Waals surface area contributed by atoms with Gasteiger partial charge in [-0.2, -0.15) is 13.2 Å². The molecule has 0 aliphatic heterocycles. The third-order valence-electron chi connectivity index (χ3n) is 1.78. The zero-order valence-corrected chi connectivity index (χ0v) is 7.27. The normalized spacial score (nSPS) is 14.1. The third kappa shape index (κ3) is 2.23. The summed E-state index contributed by atoms with van der Waals surface area (Å²) < 4.78 is 49.1. The SMILES string of the molecule is C[C@H](O)c1ccc(C(F)(F)F)c(F)c1. The summed E-state index contributed by atoms with van der Waals surface area (Å²) in [6.45, 7) is 1.35. The number of halogens is 4. The predicted octanol–water partition coefficient (Wildman–Crippen LogP) is 2.90. The van der Waals surface area contributed by atoms with Gasteiger partial charge in [0.25, 0.3) is 0 Å². The Bertz CT molecular complexity index is 330. The Morgan fingerprint density at radius 2 is 1.86 bits per heavy atom. The lowest BCUT2D eigenvalue weighted by atomic mass is 10.1. The highest BCUT2D eigenvalue weighted by molar-refractivity contribution is 5.27. The fourth-order valence-corrected chi connectivity index (χ4v) is 1.02. The molecule has 1 aromatic carbocycles. The molecule has 0 amide bonds. The first-order valence-electron chi connectivity index (χ1n) is 3.87. The van der Waals surface area contributed by atoms with E-state index in [-0.39, 0.29) is 5.56 Å². The molecule has 0 radical (unpaired) electrons. The highest BCUT2D eigenvalue weighted by atomic mass is 19.4. The van der Waals surface area contributed by atoms with Crippen LogP contribution in [0.1, 0.15) is 24.2 Å². The second kappa shape index (κ2) is 3.57. The topological polar surface area (TPSA) is 20.2 Å². The summed E-state index contributed by atoms with van der Waals surface area (Å²) in [6.07, 6.45) is -5.67. The molecule has 1 atom stereocenters. The summed E-state index contributed by atoms with van der Waals surface area (Å²) in [5.41, 5.74) is -1.20. The summed E-state index contributed by atoms with van der Waals surface area (Å²) in [5.74, 6) is -1.36. The van der Waals surface area contributed by atoms with Crippen molar-refractivity contribution in [1.82, 2.24) is 0 Å². The van der Waals surface area contributed by atoms with Crippen molar-refractivity contribution in [2.45, 2.75) is 19.2 Å². The Labute approximate surface area is 78.0 Å². The van der Waals surface area contributed by atoms with E-state index in [0.29, 0.717) is 12.1 Å². The van der Waals surface area contributed by atoms with Crippen molar-refractivity contribution in [3.8, 4) is 0 Å². The van der Waals surface area contributed by atoms with Crippen LogP contribution in [-0.2, 0) is 6.18 Å². The van der Waals surface area contributed by atoms with Crippen LogP contribution in [0.5, 0.6) is 0 Å². The molecule has 0 aliphatic rings. The Morgan fingerprint density at radius 1 is 1.29 bits per heavy atom. The fourth-order valence-electron chi connectivity index (χ4n) is 1.02. The van der Waals surface area contributed by atoms with E-state index in [1.54, 1.807) is 0 Å². The minimum absolute atomic E-state index is 0.121. The van der Waals surface area contributed by atoms with Crippen molar-refractivity contribution in [3.05, 3.63) is 35.1 Å². The summed E-state index contributed by atoms with van der Waals surface area (Å²) >= 11 is 0. The number of hydrogen-bond acceptors (Lipinski definition) is 1. The van der Waals surface area contributed by atoms with E-state index in [1.165, 1.54) is 6.92 Å². The Kier molecular flexibility index (Phi) is 2.80. The monoisotopic (exact) mass is 208 g/mol. The average molecular weight is 208 g/mol. The number of hydrogen-bond donors (Lipinski definition) is 1. The van der Waals surface area contributed by atoms with Gasteiger partial charge in [0.1, 0.15) is 5.82 Å². The van der Waals surface area contributed by atoms with Gasteiger partial charge in [-0.1, -0.05) is 6.07 Å². The number of aliphatic hydroxyl groups is 1. The van der Waals surface area contributed by atoms with Gasteiger partial charge in [0.2, 0.25) is 0 Å². The third-order valence-corrected chi connectivity index (χ3v) is 1.78. The molecule has 1 N–H and O–H groups in total. The van der Waals surface area contributed by atoms with Gasteiger partial charge in [-0.05, 0) is 24.6 Å². The molecule has 1 aromatic rings. The maximum absolute atomic E-state index is 12.9. The van der Waals surface area contributed by atoms with E-state index in [9.17, 15) is 17.6 Å². The molecule has 1 rings (SSSR count). The van der Waals surface area contributed by atoms with Crippen LogP contribution in [-0.4, -0.2) is 5.11 Å². The quantitative estimate of drug-likeness (QED) is 0.703. The standard InChI is InChI=1S/C9H8F4O/c1-5(14)6-2-3-7(8(10)4-6)9(11,12)13/h2-5,14H,1H3/t5-/m0/s1. The van der Waals surface area contributed by atoms with Crippen LogP contribution < -0.4 is 0 Å². The van der Waals surface area contributed by atoms with Crippen molar-refractivity contribution in [2.24, 2.45) is 0 Å². The van der Waals surface area contributed by atoms with E-state index < -0.39 is 23.7 Å². The molecule has 0 saturated carbocycles. The van der Waals surface area contributed by atoms with Gasteiger partial charge < -0.3 is 5.11 Å². The summed E-state index contributed by atoms with van der Waals surface area (Å²) in [5, 5.41) is 8.99. The Morgan fingerprint density at radius 3 is 2.21 bits per heavy atom. The lowest BCUT2D eigenvalue weighted by molar-refractivity contribution is -0.140. The van der Waals surface area contributed by atoms with E-state index in [2.05, 4.69) is 0 Å². The highest BCUT2D eigenvalue weighted by Crippen LogP contribution is 2.32. The molecular formula is C9H8F4O. The van der Waals surface area contributed by atoms with Gasteiger partial charge in [-0.3, -0.25) is 0 Å². The molecule has 0 heterocycles. The first kappa shape index (κ1) is 11.0. The van der Waals surface area contributed by atoms with E-state index >= 15 is 0 Å². The molecule has 0 fully saturated rings. The molecule has 0 aromatic heterocycles. The smallest absolute Gasteiger partial charge is 0.389 e. The minimum Gasteiger partial charge on any atom is -0.389 e. The zero-order chi connectivity index (χ0) is 10.9. The summed E-state index contributed by atoms with van der Waals surface area (Å²) in [7, 11) is 0. The van der Waals surface area contributed by atoms with Crippen LogP contribution in [0.25, 0.3) is 0 Å². The minimum atomic E-state index is -4.69. The van der Waals surface area contributed by atoms with Gasteiger partial charge >= 0.3 is 6.18 Å². The first-order chi connectivity index (χ1) is 6.32. The van der Waals surface area contributed by atoms with Crippen molar-refractivity contribution in [3.63, 3.8) is 0 Å². The molecule has 0 saturated heterocycles. The number of aliphatic hydroxyl groups excluding tert-OH is 1. The molecular weight excluding hydrogens is 200 g/mol. The van der Waals surface area contributed by atoms with Crippen LogP contribution in [0.3, 0.4) is 0 Å². The molecule has 78 valence electrons. The van der Waals surface area contributed by atoms with Crippen LogP contribution in [0, 0.1) is 5.82 Å². The fraction of sp³-hybridized carbons (Fsp3) is 0.333. The molecule has 14 heavy (non-hydrogen) atoms. The summed E-state index contributed by atoms with van der Waals surface area (Å²) in [6, 6.07) is 2.36. The first-order valence-corrected chi connectivity index (χ1v) is 3.87. The molecule has 1 nitrogen and oxygen atoms in total. The van der Waals surface area contributed by atoms with Crippen LogP contribution in [0.4, 0.5) is 17.6 Å².